The van der Waals surface area contributed by atoms with Gasteiger partial charge in [0.25, 0.3) is 0 Å². The molecule has 5 heteroatoms. The van der Waals surface area contributed by atoms with Gasteiger partial charge in [0.15, 0.2) is 0 Å². The van der Waals surface area contributed by atoms with Crippen molar-refractivity contribution in [1.82, 2.24) is 4.90 Å². The second-order valence-electron chi connectivity index (χ2n) is 5.79. The quantitative estimate of drug-likeness (QED) is 0.539. The van der Waals surface area contributed by atoms with Gasteiger partial charge in [0.05, 0.1) is 20.3 Å². The van der Waals surface area contributed by atoms with Crippen LogP contribution in [0, 0.1) is 11.3 Å². The molecule has 0 aliphatic rings. The molecule has 2 aromatic carbocycles. The van der Waals surface area contributed by atoms with Gasteiger partial charge in [-0.1, -0.05) is 49.0 Å². The lowest BCUT2D eigenvalue weighted by Gasteiger charge is -2.28. The van der Waals surface area contributed by atoms with Gasteiger partial charge < -0.3 is 9.47 Å². The van der Waals surface area contributed by atoms with Gasteiger partial charge >= 0.3 is 5.97 Å². The van der Waals surface area contributed by atoms with Crippen molar-refractivity contribution >= 4 is 5.97 Å². The van der Waals surface area contributed by atoms with E-state index in [2.05, 4.69) is 12.6 Å². The van der Waals surface area contributed by atoms with E-state index in [-0.39, 0.29) is 6.54 Å². The van der Waals surface area contributed by atoms with Crippen LogP contribution in [0.2, 0.25) is 0 Å². The van der Waals surface area contributed by atoms with Crippen molar-refractivity contribution in [2.24, 2.45) is 0 Å². The molecule has 2 aromatic rings. The Balaban J connectivity index is 2.34. The van der Waals surface area contributed by atoms with Crippen LogP contribution in [0.3, 0.4) is 0 Å². The summed E-state index contributed by atoms with van der Waals surface area (Å²) in [5.41, 5.74) is 2.13. The summed E-state index contributed by atoms with van der Waals surface area (Å²) in [6.45, 7) is 4.51. The number of benzene rings is 2. The van der Waals surface area contributed by atoms with Gasteiger partial charge in [0, 0.05) is 18.7 Å². The number of nitriles is 1. The summed E-state index contributed by atoms with van der Waals surface area (Å²) in [7, 11) is 2.90. The van der Waals surface area contributed by atoms with Gasteiger partial charge in [-0.25, -0.2) is 4.79 Å². The molecule has 0 fully saturated rings. The predicted molar refractivity (Wildman–Crippen MR) is 99.4 cm³/mol. The van der Waals surface area contributed by atoms with E-state index in [1.807, 2.05) is 59.5 Å². The predicted octanol–water partition coefficient (Wildman–Crippen LogP) is 3.49. The van der Waals surface area contributed by atoms with Crippen molar-refractivity contribution in [3.63, 3.8) is 0 Å². The topological polar surface area (TPSA) is 62.6 Å². The molecule has 0 amide bonds. The van der Waals surface area contributed by atoms with Crippen LogP contribution >= 0.6 is 0 Å². The van der Waals surface area contributed by atoms with E-state index in [4.69, 9.17) is 9.47 Å². The Bertz CT molecular complexity index is 796. The molecule has 26 heavy (non-hydrogen) atoms. The molecule has 0 heterocycles. The molecule has 0 bridgehead atoms. The molecule has 0 saturated carbocycles. The fraction of sp³-hybridized carbons (Fsp3) is 0.238. The zero-order chi connectivity index (χ0) is 18.9. The number of methoxy groups -OCH3 is 2. The minimum Gasteiger partial charge on any atom is -0.497 e. The van der Waals surface area contributed by atoms with Crippen LogP contribution in [0.1, 0.15) is 17.2 Å². The van der Waals surface area contributed by atoms with Crippen LogP contribution in [0.25, 0.3) is 0 Å². The number of ether oxygens (including phenoxy) is 2. The molecule has 1 unspecified atom stereocenters. The SMILES string of the molecule is C=C(CN(Cc1ccccc1)C(C#N)c1cccc(OC)c1)C(=O)OC. The average Bonchev–Trinajstić information content (AvgIpc) is 2.68. The summed E-state index contributed by atoms with van der Waals surface area (Å²) >= 11 is 0. The van der Waals surface area contributed by atoms with E-state index in [9.17, 15) is 10.1 Å². The molecule has 0 aromatic heterocycles. The number of hydrogen-bond donors (Lipinski definition) is 0. The summed E-state index contributed by atoms with van der Waals surface area (Å²) < 4.78 is 10.0. The number of hydrogen-bond acceptors (Lipinski definition) is 5. The van der Waals surface area contributed by atoms with Crippen LogP contribution < -0.4 is 4.74 Å². The minimum absolute atomic E-state index is 0.219. The molecule has 5 nitrogen and oxygen atoms in total. The van der Waals surface area contributed by atoms with E-state index in [0.717, 1.165) is 11.1 Å². The highest BCUT2D eigenvalue weighted by atomic mass is 16.5. The monoisotopic (exact) mass is 350 g/mol. The van der Waals surface area contributed by atoms with E-state index >= 15 is 0 Å². The van der Waals surface area contributed by atoms with Crippen LogP contribution in [-0.2, 0) is 16.1 Å². The van der Waals surface area contributed by atoms with Crippen molar-refractivity contribution < 1.29 is 14.3 Å². The van der Waals surface area contributed by atoms with Crippen LogP contribution in [-0.4, -0.2) is 31.6 Å². The average molecular weight is 350 g/mol. The standard InChI is InChI=1S/C21H22N2O3/c1-16(21(24)26-3)14-23(15-17-8-5-4-6-9-17)20(13-22)18-10-7-11-19(12-18)25-2/h4-12,20H,1,14-15H2,2-3H3. The first kappa shape index (κ1) is 19.2. The van der Waals surface area contributed by atoms with Gasteiger partial charge in [-0.3, -0.25) is 4.90 Å². The fourth-order valence-electron chi connectivity index (χ4n) is 2.69. The second-order valence-corrected chi connectivity index (χ2v) is 5.79. The van der Waals surface area contributed by atoms with Crippen molar-refractivity contribution in [3.05, 3.63) is 77.9 Å². The summed E-state index contributed by atoms with van der Waals surface area (Å²) in [5.74, 6) is 0.194. The first-order valence-corrected chi connectivity index (χ1v) is 8.16. The number of esters is 1. The summed E-state index contributed by atoms with van der Waals surface area (Å²) in [4.78, 5) is 13.7. The lowest BCUT2D eigenvalue weighted by molar-refractivity contribution is -0.136. The molecule has 2 rings (SSSR count). The van der Waals surface area contributed by atoms with E-state index in [1.54, 1.807) is 7.11 Å². The number of rotatable bonds is 8. The minimum atomic E-state index is -0.563. The van der Waals surface area contributed by atoms with Gasteiger partial charge in [-0.15, -0.1) is 0 Å². The first-order chi connectivity index (χ1) is 12.6. The van der Waals surface area contributed by atoms with Gasteiger partial charge in [0.2, 0.25) is 0 Å². The highest BCUT2D eigenvalue weighted by molar-refractivity contribution is 5.88. The van der Waals surface area contributed by atoms with Gasteiger partial charge in [0.1, 0.15) is 11.8 Å². The normalized spacial score (nSPS) is 11.5. The highest BCUT2D eigenvalue weighted by Gasteiger charge is 2.23. The second kappa shape index (κ2) is 9.40. The molecular weight excluding hydrogens is 328 g/mol. The third-order valence-corrected chi connectivity index (χ3v) is 3.99. The van der Waals surface area contributed by atoms with Crippen molar-refractivity contribution in [1.29, 1.82) is 5.26 Å². The smallest absolute Gasteiger partial charge is 0.334 e. The van der Waals surface area contributed by atoms with Crippen LogP contribution in [0.15, 0.2) is 66.7 Å². The van der Waals surface area contributed by atoms with Crippen LogP contribution in [0.5, 0.6) is 5.75 Å². The summed E-state index contributed by atoms with van der Waals surface area (Å²) in [6.07, 6.45) is 0. The van der Waals surface area contributed by atoms with Crippen molar-refractivity contribution in [2.45, 2.75) is 12.6 Å². The Hall–Kier alpha value is -3.10. The molecule has 0 aliphatic carbocycles. The van der Waals surface area contributed by atoms with Gasteiger partial charge in [-0.2, -0.15) is 5.26 Å². The highest BCUT2D eigenvalue weighted by Crippen LogP contribution is 2.26. The summed E-state index contributed by atoms with van der Waals surface area (Å²) in [6, 6.07) is 18.9. The Morgan fingerprint density at radius 1 is 1.19 bits per heavy atom. The first-order valence-electron chi connectivity index (χ1n) is 8.16. The molecule has 0 aliphatic heterocycles. The fourth-order valence-corrected chi connectivity index (χ4v) is 2.69. The maximum Gasteiger partial charge on any atom is 0.334 e. The number of carbonyl (C=O) groups excluding carboxylic acids is 1. The largest absolute Gasteiger partial charge is 0.497 e. The zero-order valence-corrected chi connectivity index (χ0v) is 15.0. The maximum absolute atomic E-state index is 11.8. The molecule has 0 N–H and O–H groups in total. The zero-order valence-electron chi connectivity index (χ0n) is 15.0. The van der Waals surface area contributed by atoms with E-state index < -0.39 is 12.0 Å². The molecule has 0 spiro atoms. The number of carbonyl (C=O) groups is 1. The van der Waals surface area contributed by atoms with E-state index in [1.165, 1.54) is 7.11 Å². The molecule has 0 radical (unpaired) electrons. The summed E-state index contributed by atoms with van der Waals surface area (Å²) in [5, 5.41) is 9.82. The van der Waals surface area contributed by atoms with E-state index in [0.29, 0.717) is 17.9 Å². The van der Waals surface area contributed by atoms with Crippen molar-refractivity contribution in [3.8, 4) is 11.8 Å². The molecule has 1 atom stereocenters. The van der Waals surface area contributed by atoms with Gasteiger partial charge in [-0.05, 0) is 23.3 Å². The Labute approximate surface area is 154 Å². The third-order valence-electron chi connectivity index (χ3n) is 3.99. The molecule has 0 saturated heterocycles. The Morgan fingerprint density at radius 2 is 1.92 bits per heavy atom. The molecule has 134 valence electrons. The third kappa shape index (κ3) is 4.95. The molecular formula is C21H22N2O3. The Kier molecular flexibility index (Phi) is 6.95. The maximum atomic E-state index is 11.8. The lowest BCUT2D eigenvalue weighted by Crippen LogP contribution is -2.31. The lowest BCUT2D eigenvalue weighted by atomic mass is 10.0. The Morgan fingerprint density at radius 3 is 2.54 bits per heavy atom. The van der Waals surface area contributed by atoms with Crippen LogP contribution in [0.4, 0.5) is 0 Å². The van der Waals surface area contributed by atoms with Crippen molar-refractivity contribution in [2.75, 3.05) is 20.8 Å². The number of nitrogens with zero attached hydrogens (tertiary/aromatic N) is 2.